The summed E-state index contributed by atoms with van der Waals surface area (Å²) < 4.78 is 16.3. The van der Waals surface area contributed by atoms with Crippen molar-refractivity contribution in [1.29, 1.82) is 0 Å². The Labute approximate surface area is 148 Å². The number of rotatable bonds is 4. The van der Waals surface area contributed by atoms with E-state index in [0.717, 1.165) is 19.3 Å². The summed E-state index contributed by atoms with van der Waals surface area (Å²) in [5, 5.41) is 13.6. The van der Waals surface area contributed by atoms with Gasteiger partial charge in [0.2, 0.25) is 0 Å². The molecular weight excluding hydrogens is 322 g/mol. The number of nitrogens with one attached hydrogen (secondary N) is 1. The zero-order valence-corrected chi connectivity index (χ0v) is 14.8. The number of amides is 1. The average Bonchev–Trinajstić information content (AvgIpc) is 2.64. The number of benzene rings is 1. The number of methoxy groups -OCH3 is 1. The summed E-state index contributed by atoms with van der Waals surface area (Å²) in [5.74, 6) is 0.348. The van der Waals surface area contributed by atoms with E-state index in [4.69, 9.17) is 14.2 Å². The minimum Gasteiger partial charge on any atom is -0.450 e. The van der Waals surface area contributed by atoms with Crippen LogP contribution in [0, 0.1) is 5.92 Å². The lowest BCUT2D eigenvalue weighted by atomic mass is 9.71. The first-order chi connectivity index (χ1) is 12.1. The number of carbonyl (C=O) groups excluding carboxylic acids is 1. The van der Waals surface area contributed by atoms with Crippen LogP contribution < -0.4 is 5.32 Å². The van der Waals surface area contributed by atoms with Crippen LogP contribution in [0.4, 0.5) is 4.79 Å². The number of aliphatic hydroxyl groups excluding tert-OH is 1. The van der Waals surface area contributed by atoms with E-state index < -0.39 is 24.5 Å². The molecule has 0 spiro atoms. The Morgan fingerprint density at radius 3 is 2.76 bits per heavy atom. The van der Waals surface area contributed by atoms with E-state index in [2.05, 4.69) is 17.4 Å². The Bertz CT molecular complexity index is 566. The number of aliphatic hydroxyl groups is 1. The molecule has 6 nitrogen and oxygen atoms in total. The van der Waals surface area contributed by atoms with Gasteiger partial charge in [0.1, 0.15) is 6.04 Å². The molecule has 6 heteroatoms. The van der Waals surface area contributed by atoms with E-state index in [9.17, 15) is 9.90 Å². The number of ether oxygens (including phenoxy) is 3. The first-order valence-corrected chi connectivity index (χ1v) is 8.98. The summed E-state index contributed by atoms with van der Waals surface area (Å²) in [5.41, 5.74) is 1.29. The van der Waals surface area contributed by atoms with Crippen molar-refractivity contribution in [3.8, 4) is 0 Å². The summed E-state index contributed by atoms with van der Waals surface area (Å²) in [4.78, 5) is 11.8. The second kappa shape index (κ2) is 8.17. The molecule has 1 aromatic carbocycles. The largest absolute Gasteiger partial charge is 0.450 e. The fourth-order valence-electron chi connectivity index (χ4n) is 4.08. The monoisotopic (exact) mass is 349 g/mol. The first kappa shape index (κ1) is 18.2. The van der Waals surface area contributed by atoms with Gasteiger partial charge in [-0.15, -0.1) is 0 Å². The number of fused-ring (bicyclic) bond motifs is 1. The molecule has 6 atom stereocenters. The molecule has 2 fully saturated rings. The van der Waals surface area contributed by atoms with Crippen molar-refractivity contribution in [1.82, 2.24) is 5.32 Å². The van der Waals surface area contributed by atoms with Gasteiger partial charge >= 0.3 is 6.09 Å². The second-order valence-corrected chi connectivity index (χ2v) is 6.74. The normalized spacial score (nSPS) is 34.8. The van der Waals surface area contributed by atoms with Crippen LogP contribution in [-0.2, 0) is 14.2 Å². The molecular formula is C19H27NO5. The molecule has 1 aromatic rings. The minimum absolute atomic E-state index is 0.0442. The topological polar surface area (TPSA) is 77.0 Å². The number of carbonyl (C=O) groups is 1. The molecule has 1 aliphatic heterocycles. The van der Waals surface area contributed by atoms with Gasteiger partial charge in [-0.3, -0.25) is 0 Å². The smallest absolute Gasteiger partial charge is 0.407 e. The molecule has 1 aliphatic carbocycles. The lowest BCUT2D eigenvalue weighted by Gasteiger charge is -2.48. The Balaban J connectivity index is 1.72. The minimum atomic E-state index is -0.736. The molecule has 2 N–H and O–H groups in total. The maximum absolute atomic E-state index is 11.8. The zero-order chi connectivity index (χ0) is 17.8. The van der Waals surface area contributed by atoms with Gasteiger partial charge < -0.3 is 24.6 Å². The zero-order valence-electron chi connectivity index (χ0n) is 14.8. The average molecular weight is 349 g/mol. The molecule has 1 saturated heterocycles. The van der Waals surface area contributed by atoms with E-state index in [1.54, 1.807) is 6.92 Å². The van der Waals surface area contributed by atoms with Gasteiger partial charge in [-0.2, -0.15) is 0 Å². The summed E-state index contributed by atoms with van der Waals surface area (Å²) in [6.07, 6.45) is 0.685. The van der Waals surface area contributed by atoms with E-state index in [1.165, 1.54) is 12.7 Å². The Morgan fingerprint density at radius 1 is 1.32 bits per heavy atom. The summed E-state index contributed by atoms with van der Waals surface area (Å²) in [6.45, 7) is 2.01. The van der Waals surface area contributed by atoms with Crippen LogP contribution in [0.3, 0.4) is 0 Å². The summed E-state index contributed by atoms with van der Waals surface area (Å²) in [7, 11) is 1.52. The maximum Gasteiger partial charge on any atom is 0.407 e. The number of hydrogen-bond acceptors (Lipinski definition) is 5. The fraction of sp³-hybridized carbons (Fsp3) is 0.632. The molecule has 0 aromatic heterocycles. The Kier molecular flexibility index (Phi) is 5.93. The molecule has 0 bridgehead atoms. The van der Waals surface area contributed by atoms with Gasteiger partial charge in [0.15, 0.2) is 6.29 Å². The van der Waals surface area contributed by atoms with Gasteiger partial charge in [-0.25, -0.2) is 4.79 Å². The molecule has 1 saturated carbocycles. The molecule has 1 heterocycles. The standard InChI is InChI=1S/C19H27NO5/c1-3-24-19(22)20-16-17(21)14-11-13(12-7-5-4-6-8-12)9-10-15(14)25-18(16)23-2/h4-8,13-18,21H,3,9-11H2,1-2H3,(H,20,22)/t13-,14+,15+,16-,17-,18+/m0/s1. The van der Waals surface area contributed by atoms with E-state index in [-0.39, 0.29) is 18.6 Å². The summed E-state index contributed by atoms with van der Waals surface area (Å²) in [6, 6.07) is 9.72. The van der Waals surface area contributed by atoms with Crippen molar-refractivity contribution >= 4 is 6.09 Å². The highest BCUT2D eigenvalue weighted by Gasteiger charge is 2.48. The first-order valence-electron chi connectivity index (χ1n) is 8.98. The van der Waals surface area contributed by atoms with Crippen molar-refractivity contribution in [2.75, 3.05) is 13.7 Å². The molecule has 138 valence electrons. The van der Waals surface area contributed by atoms with Crippen molar-refractivity contribution in [2.45, 2.75) is 56.6 Å². The van der Waals surface area contributed by atoms with E-state index in [1.807, 2.05) is 18.2 Å². The van der Waals surface area contributed by atoms with Crippen molar-refractivity contribution in [3.63, 3.8) is 0 Å². The highest BCUT2D eigenvalue weighted by atomic mass is 16.7. The third-order valence-electron chi connectivity index (χ3n) is 5.31. The van der Waals surface area contributed by atoms with Crippen LogP contribution in [0.15, 0.2) is 30.3 Å². The predicted molar refractivity (Wildman–Crippen MR) is 92.1 cm³/mol. The maximum atomic E-state index is 11.8. The number of hydrogen-bond donors (Lipinski definition) is 2. The number of alkyl carbamates (subject to hydrolysis) is 1. The summed E-state index contributed by atoms with van der Waals surface area (Å²) >= 11 is 0. The van der Waals surface area contributed by atoms with Crippen LogP contribution in [0.2, 0.25) is 0 Å². The predicted octanol–water partition coefficient (Wildman–Crippen LogP) is 2.42. The highest BCUT2D eigenvalue weighted by molar-refractivity contribution is 5.67. The van der Waals surface area contributed by atoms with Crippen molar-refractivity contribution in [3.05, 3.63) is 35.9 Å². The van der Waals surface area contributed by atoms with Gasteiger partial charge in [0, 0.05) is 13.0 Å². The van der Waals surface area contributed by atoms with E-state index in [0.29, 0.717) is 5.92 Å². The second-order valence-electron chi connectivity index (χ2n) is 6.74. The van der Waals surface area contributed by atoms with Crippen LogP contribution in [0.5, 0.6) is 0 Å². The fourth-order valence-corrected chi connectivity index (χ4v) is 4.08. The molecule has 3 rings (SSSR count). The lowest BCUT2D eigenvalue weighted by molar-refractivity contribution is -0.249. The molecule has 0 radical (unpaired) electrons. The van der Waals surface area contributed by atoms with Crippen LogP contribution >= 0.6 is 0 Å². The van der Waals surface area contributed by atoms with E-state index >= 15 is 0 Å². The van der Waals surface area contributed by atoms with Gasteiger partial charge in [0.25, 0.3) is 0 Å². The van der Waals surface area contributed by atoms with Gasteiger partial charge in [-0.1, -0.05) is 30.3 Å². The third-order valence-corrected chi connectivity index (χ3v) is 5.31. The lowest BCUT2D eigenvalue weighted by Crippen LogP contribution is -2.62. The van der Waals surface area contributed by atoms with Gasteiger partial charge in [0.05, 0.1) is 18.8 Å². The van der Waals surface area contributed by atoms with Crippen LogP contribution in [0.1, 0.15) is 37.7 Å². The quantitative estimate of drug-likeness (QED) is 0.873. The Hall–Kier alpha value is -1.63. The van der Waals surface area contributed by atoms with Crippen molar-refractivity contribution < 1.29 is 24.1 Å². The van der Waals surface area contributed by atoms with Crippen LogP contribution in [-0.4, -0.2) is 49.5 Å². The molecule has 2 aliphatic rings. The van der Waals surface area contributed by atoms with Gasteiger partial charge in [-0.05, 0) is 37.7 Å². The molecule has 0 unspecified atom stereocenters. The molecule has 1 amide bonds. The van der Waals surface area contributed by atoms with Crippen LogP contribution in [0.25, 0.3) is 0 Å². The SMILES string of the molecule is CCOC(=O)N[C@@H]1[C@H](OC)O[C@@H]2CC[C@H](c3ccccc3)C[C@H]2[C@@H]1O. The highest BCUT2D eigenvalue weighted by Crippen LogP contribution is 2.43. The third kappa shape index (κ3) is 3.97. The molecule has 25 heavy (non-hydrogen) atoms. The van der Waals surface area contributed by atoms with Crippen molar-refractivity contribution in [2.24, 2.45) is 5.92 Å². The Morgan fingerprint density at radius 2 is 2.08 bits per heavy atom.